The van der Waals surface area contributed by atoms with Crippen LogP contribution in [0.2, 0.25) is 5.02 Å². The highest BCUT2D eigenvalue weighted by atomic mass is 35.5. The zero-order chi connectivity index (χ0) is 15.8. The monoisotopic (exact) mass is 332 g/mol. The number of rotatable bonds is 2. The minimum absolute atomic E-state index is 0.0303. The molecule has 6 nitrogen and oxygen atoms in total. The summed E-state index contributed by atoms with van der Waals surface area (Å²) in [5, 5.41) is 8.96. The Morgan fingerprint density at radius 1 is 1.22 bits per heavy atom. The van der Waals surface area contributed by atoms with Gasteiger partial charge in [-0.3, -0.25) is 4.79 Å². The standard InChI is InChI=1S/C16H17ClN4O2/c17-12-5-3-11(4-6-12)14-9-21-13(10-23-14)15(18-19-21)16(22)20-7-1-2-8-20/h3-6,14H,1-2,7-10H2. The van der Waals surface area contributed by atoms with Crippen molar-refractivity contribution in [2.75, 3.05) is 13.1 Å². The zero-order valence-corrected chi connectivity index (χ0v) is 13.4. The first kappa shape index (κ1) is 14.7. The third kappa shape index (κ3) is 2.72. The van der Waals surface area contributed by atoms with E-state index in [0.717, 1.165) is 37.2 Å². The molecule has 7 heteroatoms. The largest absolute Gasteiger partial charge is 0.365 e. The van der Waals surface area contributed by atoms with Crippen LogP contribution < -0.4 is 0 Å². The molecular weight excluding hydrogens is 316 g/mol. The van der Waals surface area contributed by atoms with Crippen molar-refractivity contribution in [3.63, 3.8) is 0 Å². The molecule has 2 aliphatic heterocycles. The minimum atomic E-state index is -0.101. The van der Waals surface area contributed by atoms with Crippen LogP contribution in [0.15, 0.2) is 24.3 Å². The van der Waals surface area contributed by atoms with Gasteiger partial charge in [0.25, 0.3) is 5.91 Å². The van der Waals surface area contributed by atoms with Gasteiger partial charge in [-0.25, -0.2) is 4.68 Å². The fraction of sp³-hybridized carbons (Fsp3) is 0.438. The quantitative estimate of drug-likeness (QED) is 0.847. The van der Waals surface area contributed by atoms with Crippen LogP contribution in [0.3, 0.4) is 0 Å². The normalized spacial score (nSPS) is 20.6. The van der Waals surface area contributed by atoms with Gasteiger partial charge in [0, 0.05) is 18.1 Å². The maximum atomic E-state index is 12.5. The molecule has 1 fully saturated rings. The highest BCUT2D eigenvalue weighted by Gasteiger charge is 2.30. The maximum absolute atomic E-state index is 12.5. The summed E-state index contributed by atoms with van der Waals surface area (Å²) >= 11 is 5.92. The molecule has 3 heterocycles. The molecule has 1 saturated heterocycles. The highest BCUT2D eigenvalue weighted by Crippen LogP contribution is 2.28. The Morgan fingerprint density at radius 3 is 2.70 bits per heavy atom. The summed E-state index contributed by atoms with van der Waals surface area (Å²) in [5.74, 6) is -0.0303. The van der Waals surface area contributed by atoms with Crippen molar-refractivity contribution in [3.05, 3.63) is 46.2 Å². The lowest BCUT2D eigenvalue weighted by Gasteiger charge is -2.24. The molecule has 1 unspecified atom stereocenters. The number of amides is 1. The van der Waals surface area contributed by atoms with Crippen molar-refractivity contribution in [3.8, 4) is 0 Å². The Bertz CT molecular complexity index is 722. The summed E-state index contributed by atoms with van der Waals surface area (Å²) in [5.41, 5.74) is 2.25. The molecule has 120 valence electrons. The van der Waals surface area contributed by atoms with Crippen LogP contribution in [0.5, 0.6) is 0 Å². The molecule has 0 bridgehead atoms. The number of carbonyl (C=O) groups excluding carboxylic acids is 1. The number of likely N-dealkylation sites (tertiary alicyclic amines) is 1. The lowest BCUT2D eigenvalue weighted by molar-refractivity contribution is -0.00191. The maximum Gasteiger partial charge on any atom is 0.276 e. The number of carbonyl (C=O) groups is 1. The Morgan fingerprint density at radius 2 is 1.96 bits per heavy atom. The van der Waals surface area contributed by atoms with Crippen LogP contribution >= 0.6 is 11.6 Å². The third-order valence-electron chi connectivity index (χ3n) is 4.44. The second kappa shape index (κ2) is 5.94. The summed E-state index contributed by atoms with van der Waals surface area (Å²) in [6, 6.07) is 7.59. The second-order valence-electron chi connectivity index (χ2n) is 5.92. The molecule has 1 aromatic carbocycles. The molecule has 23 heavy (non-hydrogen) atoms. The molecule has 1 amide bonds. The first-order valence-electron chi connectivity index (χ1n) is 7.81. The van der Waals surface area contributed by atoms with E-state index in [-0.39, 0.29) is 12.0 Å². The van der Waals surface area contributed by atoms with Crippen LogP contribution in [-0.4, -0.2) is 38.9 Å². The van der Waals surface area contributed by atoms with Gasteiger partial charge < -0.3 is 9.64 Å². The Labute approximate surface area is 139 Å². The van der Waals surface area contributed by atoms with E-state index in [0.29, 0.717) is 23.9 Å². The molecule has 0 N–H and O–H groups in total. The van der Waals surface area contributed by atoms with Crippen LogP contribution in [0.1, 0.15) is 40.7 Å². The number of hydrogen-bond acceptors (Lipinski definition) is 4. The second-order valence-corrected chi connectivity index (χ2v) is 6.35. The summed E-state index contributed by atoms with van der Waals surface area (Å²) in [6.45, 7) is 2.51. The Kier molecular flexibility index (Phi) is 3.79. The zero-order valence-electron chi connectivity index (χ0n) is 12.6. The van der Waals surface area contributed by atoms with Gasteiger partial charge in [-0.05, 0) is 30.5 Å². The van der Waals surface area contributed by atoms with E-state index in [1.54, 1.807) is 4.68 Å². The van der Waals surface area contributed by atoms with Gasteiger partial charge in [0.1, 0.15) is 6.10 Å². The SMILES string of the molecule is O=C(c1nnn2c1COC(c1ccc(Cl)cc1)C2)N1CCCC1. The number of ether oxygens (including phenoxy) is 1. The first-order chi connectivity index (χ1) is 11.2. The van der Waals surface area contributed by atoms with Crippen molar-refractivity contribution in [1.82, 2.24) is 19.9 Å². The minimum Gasteiger partial charge on any atom is -0.365 e. The Hall–Kier alpha value is -1.92. The average Bonchev–Trinajstić information content (AvgIpc) is 3.24. The van der Waals surface area contributed by atoms with Gasteiger partial charge in [0.2, 0.25) is 0 Å². The van der Waals surface area contributed by atoms with Gasteiger partial charge in [0.15, 0.2) is 5.69 Å². The molecule has 0 radical (unpaired) electrons. The summed E-state index contributed by atoms with van der Waals surface area (Å²) < 4.78 is 7.71. The van der Waals surface area contributed by atoms with Crippen LogP contribution in [0.4, 0.5) is 0 Å². The highest BCUT2D eigenvalue weighted by molar-refractivity contribution is 6.30. The number of aromatic nitrogens is 3. The van der Waals surface area contributed by atoms with E-state index >= 15 is 0 Å². The molecule has 1 aromatic heterocycles. The van der Waals surface area contributed by atoms with Gasteiger partial charge in [-0.15, -0.1) is 5.10 Å². The van der Waals surface area contributed by atoms with Gasteiger partial charge in [0.05, 0.1) is 18.8 Å². The van der Waals surface area contributed by atoms with E-state index in [9.17, 15) is 4.79 Å². The number of hydrogen-bond donors (Lipinski definition) is 0. The molecule has 0 aliphatic carbocycles. The van der Waals surface area contributed by atoms with Crippen molar-refractivity contribution < 1.29 is 9.53 Å². The molecule has 1 atom stereocenters. The predicted molar refractivity (Wildman–Crippen MR) is 84.1 cm³/mol. The van der Waals surface area contributed by atoms with Crippen molar-refractivity contribution >= 4 is 17.5 Å². The lowest BCUT2D eigenvalue weighted by atomic mass is 10.1. The fourth-order valence-electron chi connectivity index (χ4n) is 3.13. The van der Waals surface area contributed by atoms with Crippen LogP contribution in [0, 0.1) is 0 Å². The number of nitrogens with zero attached hydrogens (tertiary/aromatic N) is 4. The molecule has 4 rings (SSSR count). The van der Waals surface area contributed by atoms with E-state index in [2.05, 4.69) is 10.3 Å². The summed E-state index contributed by atoms with van der Waals surface area (Å²) in [6.07, 6.45) is 2.02. The van der Waals surface area contributed by atoms with Gasteiger partial charge in [-0.1, -0.05) is 28.9 Å². The molecule has 0 saturated carbocycles. The van der Waals surface area contributed by atoms with E-state index in [1.807, 2.05) is 29.2 Å². The van der Waals surface area contributed by atoms with Crippen molar-refractivity contribution in [2.24, 2.45) is 0 Å². The fourth-order valence-corrected chi connectivity index (χ4v) is 3.25. The average molecular weight is 333 g/mol. The summed E-state index contributed by atoms with van der Waals surface area (Å²) in [4.78, 5) is 14.4. The topological polar surface area (TPSA) is 60.3 Å². The van der Waals surface area contributed by atoms with E-state index in [4.69, 9.17) is 16.3 Å². The van der Waals surface area contributed by atoms with Crippen molar-refractivity contribution in [1.29, 1.82) is 0 Å². The smallest absolute Gasteiger partial charge is 0.276 e. The lowest BCUT2D eigenvalue weighted by Crippen LogP contribution is -2.30. The van der Waals surface area contributed by atoms with Crippen molar-refractivity contribution in [2.45, 2.75) is 32.1 Å². The third-order valence-corrected chi connectivity index (χ3v) is 4.69. The molecule has 2 aliphatic rings. The van der Waals surface area contributed by atoms with Crippen LogP contribution in [0.25, 0.3) is 0 Å². The van der Waals surface area contributed by atoms with Gasteiger partial charge in [-0.2, -0.15) is 0 Å². The molecule has 2 aromatic rings. The first-order valence-corrected chi connectivity index (χ1v) is 8.19. The predicted octanol–water partition coefficient (Wildman–Crippen LogP) is 2.44. The number of benzene rings is 1. The summed E-state index contributed by atoms with van der Waals surface area (Å²) in [7, 11) is 0. The molecule has 0 spiro atoms. The van der Waals surface area contributed by atoms with Crippen LogP contribution in [-0.2, 0) is 17.9 Å². The van der Waals surface area contributed by atoms with E-state index < -0.39 is 0 Å². The Balaban J connectivity index is 1.55. The van der Waals surface area contributed by atoms with Gasteiger partial charge >= 0.3 is 0 Å². The number of fused-ring (bicyclic) bond motifs is 1. The number of halogens is 1. The van der Waals surface area contributed by atoms with E-state index in [1.165, 1.54) is 0 Å². The molecular formula is C16H17ClN4O2.